The van der Waals surface area contributed by atoms with Crippen LogP contribution in [-0.2, 0) is 6.54 Å². The Hall–Kier alpha value is -1.12. The molecule has 2 nitrogen and oxygen atoms in total. The van der Waals surface area contributed by atoms with E-state index >= 15 is 0 Å². The van der Waals surface area contributed by atoms with E-state index < -0.39 is 0 Å². The van der Waals surface area contributed by atoms with Crippen LogP contribution in [0.3, 0.4) is 0 Å². The van der Waals surface area contributed by atoms with E-state index in [1.165, 1.54) is 0 Å². The van der Waals surface area contributed by atoms with Gasteiger partial charge < -0.3 is 10.3 Å². The molecule has 0 spiro atoms. The lowest BCUT2D eigenvalue weighted by molar-refractivity contribution is 1.07. The van der Waals surface area contributed by atoms with Gasteiger partial charge in [-0.15, -0.1) is 0 Å². The van der Waals surface area contributed by atoms with Gasteiger partial charge in [-0.3, -0.25) is 0 Å². The summed E-state index contributed by atoms with van der Waals surface area (Å²) in [6.07, 6.45) is 1.88. The Morgan fingerprint density at radius 3 is 2.40 bits per heavy atom. The van der Waals surface area contributed by atoms with E-state index in [0.29, 0.717) is 16.6 Å². The number of rotatable bonds is 3. The van der Waals surface area contributed by atoms with Crippen molar-refractivity contribution in [2.24, 2.45) is 0 Å². The lowest BCUT2D eigenvalue weighted by Gasteiger charge is -2.08. The van der Waals surface area contributed by atoms with Crippen molar-refractivity contribution < 1.29 is 0 Å². The number of hydrogen-bond donors (Lipinski definition) is 2. The topological polar surface area (TPSA) is 27.8 Å². The highest BCUT2D eigenvalue weighted by molar-refractivity contribution is 6.39. The number of halogens is 2. The standard InChI is InChI=1S/C11H10Cl2N2/c12-9-4-1-5-10(13)11(9)15-7-8-3-2-6-14-8/h1-6,14-15H,7H2. The van der Waals surface area contributed by atoms with E-state index in [2.05, 4.69) is 10.3 Å². The molecule has 1 aromatic heterocycles. The van der Waals surface area contributed by atoms with Gasteiger partial charge >= 0.3 is 0 Å². The van der Waals surface area contributed by atoms with Gasteiger partial charge in [0.25, 0.3) is 0 Å². The van der Waals surface area contributed by atoms with Crippen LogP contribution in [0.25, 0.3) is 0 Å². The summed E-state index contributed by atoms with van der Waals surface area (Å²) in [6, 6.07) is 9.39. The van der Waals surface area contributed by atoms with Crippen molar-refractivity contribution in [3.8, 4) is 0 Å². The van der Waals surface area contributed by atoms with Crippen molar-refractivity contribution >= 4 is 28.9 Å². The van der Waals surface area contributed by atoms with Crippen LogP contribution in [0.2, 0.25) is 10.0 Å². The minimum absolute atomic E-state index is 0.633. The zero-order chi connectivity index (χ0) is 10.7. The summed E-state index contributed by atoms with van der Waals surface area (Å²) in [7, 11) is 0. The molecule has 0 amide bonds. The van der Waals surface area contributed by atoms with Crippen molar-refractivity contribution in [1.82, 2.24) is 4.98 Å². The third-order valence-electron chi connectivity index (χ3n) is 2.08. The molecular weight excluding hydrogens is 231 g/mol. The molecule has 0 aliphatic heterocycles. The lowest BCUT2D eigenvalue weighted by atomic mass is 10.3. The molecule has 2 rings (SSSR count). The lowest BCUT2D eigenvalue weighted by Crippen LogP contribution is -2.00. The molecule has 0 aliphatic carbocycles. The quantitative estimate of drug-likeness (QED) is 0.836. The highest BCUT2D eigenvalue weighted by Gasteiger charge is 2.04. The zero-order valence-electron chi connectivity index (χ0n) is 7.93. The third-order valence-corrected chi connectivity index (χ3v) is 2.71. The van der Waals surface area contributed by atoms with Crippen molar-refractivity contribution in [2.75, 3.05) is 5.32 Å². The maximum absolute atomic E-state index is 6.01. The van der Waals surface area contributed by atoms with Crippen LogP contribution in [0.15, 0.2) is 36.5 Å². The molecule has 2 aromatic rings. The summed E-state index contributed by atoms with van der Waals surface area (Å²) in [5.74, 6) is 0. The molecule has 2 N–H and O–H groups in total. The molecular formula is C11H10Cl2N2. The van der Waals surface area contributed by atoms with Gasteiger partial charge in [-0.25, -0.2) is 0 Å². The van der Waals surface area contributed by atoms with Gasteiger partial charge in [0, 0.05) is 11.9 Å². The maximum Gasteiger partial charge on any atom is 0.0722 e. The first-order valence-corrected chi connectivity index (χ1v) is 5.33. The number of para-hydroxylation sites is 1. The minimum atomic E-state index is 0.633. The summed E-state index contributed by atoms with van der Waals surface area (Å²) in [4.78, 5) is 3.10. The molecule has 1 heterocycles. The van der Waals surface area contributed by atoms with Crippen LogP contribution in [0.5, 0.6) is 0 Å². The van der Waals surface area contributed by atoms with Gasteiger partial charge in [0.1, 0.15) is 0 Å². The molecule has 0 atom stereocenters. The number of H-pyrrole nitrogens is 1. The normalized spacial score (nSPS) is 10.3. The largest absolute Gasteiger partial charge is 0.377 e. The van der Waals surface area contributed by atoms with Crippen LogP contribution in [0.1, 0.15) is 5.69 Å². The number of aromatic amines is 1. The molecule has 0 saturated heterocycles. The maximum atomic E-state index is 6.01. The highest BCUT2D eigenvalue weighted by Crippen LogP contribution is 2.29. The molecule has 0 aliphatic rings. The molecule has 1 aromatic carbocycles. The van der Waals surface area contributed by atoms with E-state index in [9.17, 15) is 0 Å². The average molecular weight is 241 g/mol. The number of aromatic nitrogens is 1. The predicted octanol–water partition coefficient (Wildman–Crippen LogP) is 3.93. The predicted molar refractivity (Wildman–Crippen MR) is 64.6 cm³/mol. The molecule has 0 bridgehead atoms. The van der Waals surface area contributed by atoms with Crippen LogP contribution in [0, 0.1) is 0 Å². The Morgan fingerprint density at radius 1 is 1.07 bits per heavy atom. The molecule has 0 unspecified atom stereocenters. The zero-order valence-corrected chi connectivity index (χ0v) is 9.44. The minimum Gasteiger partial charge on any atom is -0.377 e. The smallest absolute Gasteiger partial charge is 0.0722 e. The summed E-state index contributed by atoms with van der Waals surface area (Å²) in [5, 5.41) is 4.46. The average Bonchev–Trinajstić information content (AvgIpc) is 2.70. The van der Waals surface area contributed by atoms with E-state index in [1.54, 1.807) is 0 Å². The van der Waals surface area contributed by atoms with E-state index in [4.69, 9.17) is 23.2 Å². The summed E-state index contributed by atoms with van der Waals surface area (Å²) in [6.45, 7) is 0.677. The van der Waals surface area contributed by atoms with Crippen LogP contribution >= 0.6 is 23.2 Å². The summed E-state index contributed by atoms with van der Waals surface area (Å²) >= 11 is 12.0. The fraction of sp³-hybridized carbons (Fsp3) is 0.0909. The first-order valence-electron chi connectivity index (χ1n) is 4.57. The summed E-state index contributed by atoms with van der Waals surface area (Å²) < 4.78 is 0. The fourth-order valence-corrected chi connectivity index (χ4v) is 1.86. The second-order valence-corrected chi connectivity index (χ2v) is 3.96. The Labute approximate surface area is 98.2 Å². The fourth-order valence-electron chi connectivity index (χ4n) is 1.33. The van der Waals surface area contributed by atoms with Gasteiger partial charge in [0.2, 0.25) is 0 Å². The van der Waals surface area contributed by atoms with Crippen LogP contribution in [-0.4, -0.2) is 4.98 Å². The molecule has 15 heavy (non-hydrogen) atoms. The third kappa shape index (κ3) is 2.46. The summed E-state index contributed by atoms with van der Waals surface area (Å²) in [5.41, 5.74) is 1.86. The second kappa shape index (κ2) is 4.60. The van der Waals surface area contributed by atoms with E-state index in [0.717, 1.165) is 11.4 Å². The number of anilines is 1. The van der Waals surface area contributed by atoms with Gasteiger partial charge in [-0.05, 0) is 24.3 Å². The first kappa shape index (κ1) is 10.4. The van der Waals surface area contributed by atoms with Crippen molar-refractivity contribution in [3.63, 3.8) is 0 Å². The number of benzene rings is 1. The Kier molecular flexibility index (Phi) is 3.19. The van der Waals surface area contributed by atoms with Crippen LogP contribution < -0.4 is 5.32 Å². The van der Waals surface area contributed by atoms with E-state index in [-0.39, 0.29) is 0 Å². The SMILES string of the molecule is Clc1cccc(Cl)c1NCc1ccc[nH]1. The Balaban J connectivity index is 2.11. The van der Waals surface area contributed by atoms with Gasteiger partial charge in [0.15, 0.2) is 0 Å². The molecule has 4 heteroatoms. The number of nitrogens with one attached hydrogen (secondary N) is 2. The van der Waals surface area contributed by atoms with Gasteiger partial charge in [0.05, 0.1) is 22.3 Å². The Bertz CT molecular complexity index is 418. The molecule has 0 saturated carbocycles. The van der Waals surface area contributed by atoms with Crippen molar-refractivity contribution in [3.05, 3.63) is 52.3 Å². The van der Waals surface area contributed by atoms with Crippen molar-refractivity contribution in [1.29, 1.82) is 0 Å². The highest BCUT2D eigenvalue weighted by atomic mass is 35.5. The molecule has 0 fully saturated rings. The number of hydrogen-bond acceptors (Lipinski definition) is 1. The van der Waals surface area contributed by atoms with Crippen molar-refractivity contribution in [2.45, 2.75) is 6.54 Å². The monoisotopic (exact) mass is 240 g/mol. The van der Waals surface area contributed by atoms with Crippen LogP contribution in [0.4, 0.5) is 5.69 Å². The molecule has 78 valence electrons. The first-order chi connectivity index (χ1) is 7.27. The Morgan fingerprint density at radius 2 is 1.80 bits per heavy atom. The molecule has 0 radical (unpaired) electrons. The van der Waals surface area contributed by atoms with Gasteiger partial charge in [-0.2, -0.15) is 0 Å². The second-order valence-electron chi connectivity index (χ2n) is 3.15. The van der Waals surface area contributed by atoms with Gasteiger partial charge in [-0.1, -0.05) is 29.3 Å². The van der Waals surface area contributed by atoms with E-state index in [1.807, 2.05) is 36.5 Å².